The molecule has 0 atom stereocenters. The number of hydrogen-bond acceptors (Lipinski definition) is 4. The van der Waals surface area contributed by atoms with Crippen LogP contribution < -0.4 is 5.32 Å². The summed E-state index contributed by atoms with van der Waals surface area (Å²) in [5.74, 6) is 0. The van der Waals surface area contributed by atoms with Crippen LogP contribution in [0.5, 0.6) is 0 Å². The molecule has 0 fully saturated rings. The van der Waals surface area contributed by atoms with Gasteiger partial charge in [0, 0.05) is 12.6 Å². The molecule has 0 unspecified atom stereocenters. The molecule has 0 aliphatic heterocycles. The van der Waals surface area contributed by atoms with Gasteiger partial charge in [-0.15, -0.1) is 0 Å². The van der Waals surface area contributed by atoms with Gasteiger partial charge in [0.1, 0.15) is 5.69 Å². The van der Waals surface area contributed by atoms with Gasteiger partial charge >= 0.3 is 6.18 Å². The van der Waals surface area contributed by atoms with Gasteiger partial charge in [0.05, 0.1) is 24.6 Å². The number of nitrogens with zero attached hydrogens (tertiary/aromatic N) is 1. The minimum atomic E-state index is -4.25. The third-order valence-corrected chi connectivity index (χ3v) is 2.42. The van der Waals surface area contributed by atoms with E-state index in [-0.39, 0.29) is 12.3 Å². The van der Waals surface area contributed by atoms with Gasteiger partial charge in [-0.1, -0.05) is 0 Å². The molecule has 0 spiro atoms. The van der Waals surface area contributed by atoms with Crippen molar-refractivity contribution in [2.45, 2.75) is 26.1 Å². The lowest BCUT2D eigenvalue weighted by Gasteiger charge is -2.09. The van der Waals surface area contributed by atoms with Crippen molar-refractivity contribution >= 4 is 11.4 Å². The Morgan fingerprint density at radius 3 is 2.65 bits per heavy atom. The summed E-state index contributed by atoms with van der Waals surface area (Å²) in [5.41, 5.74) is 0.828. The van der Waals surface area contributed by atoms with Gasteiger partial charge in [-0.25, -0.2) is 0 Å². The molecule has 0 amide bonds. The van der Waals surface area contributed by atoms with Crippen molar-refractivity contribution in [3.8, 4) is 0 Å². The molecule has 0 aliphatic rings. The average Bonchev–Trinajstić information content (AvgIpc) is 2.34. The van der Waals surface area contributed by atoms with Crippen LogP contribution in [-0.4, -0.2) is 24.3 Å². The van der Waals surface area contributed by atoms with E-state index < -0.39 is 24.1 Å². The molecule has 112 valence electrons. The van der Waals surface area contributed by atoms with Gasteiger partial charge in [0.2, 0.25) is 0 Å². The van der Waals surface area contributed by atoms with Gasteiger partial charge in [0.15, 0.2) is 0 Å². The molecule has 0 saturated carbocycles. The van der Waals surface area contributed by atoms with Crippen LogP contribution in [0.2, 0.25) is 0 Å². The van der Waals surface area contributed by atoms with Crippen molar-refractivity contribution in [2.24, 2.45) is 0 Å². The van der Waals surface area contributed by atoms with E-state index in [2.05, 4.69) is 5.32 Å². The normalized spacial score (nSPS) is 11.4. The van der Waals surface area contributed by atoms with E-state index in [1.807, 2.05) is 0 Å². The van der Waals surface area contributed by atoms with Crippen molar-refractivity contribution in [1.29, 1.82) is 0 Å². The molecule has 5 nitrogen and oxygen atoms in total. The maximum Gasteiger partial charge on any atom is 0.391 e. The van der Waals surface area contributed by atoms with Crippen molar-refractivity contribution < 1.29 is 22.8 Å². The smallest absolute Gasteiger partial charge is 0.380 e. The minimum absolute atomic E-state index is 0.0214. The second kappa shape index (κ2) is 7.09. The van der Waals surface area contributed by atoms with Gasteiger partial charge in [-0.3, -0.25) is 10.1 Å². The van der Waals surface area contributed by atoms with Crippen LogP contribution in [0.25, 0.3) is 0 Å². The first-order valence-electron chi connectivity index (χ1n) is 5.99. The highest BCUT2D eigenvalue weighted by Gasteiger charge is 2.26. The molecule has 1 aromatic rings. The maximum absolute atomic E-state index is 11.9. The monoisotopic (exact) mass is 292 g/mol. The van der Waals surface area contributed by atoms with Crippen LogP contribution in [0.4, 0.5) is 24.5 Å². The van der Waals surface area contributed by atoms with E-state index in [4.69, 9.17) is 4.74 Å². The number of rotatable bonds is 7. The van der Waals surface area contributed by atoms with E-state index in [1.54, 1.807) is 6.92 Å². The number of nitrogens with one attached hydrogen (secondary N) is 1. The Bertz CT molecular complexity index is 464. The second-order valence-corrected chi connectivity index (χ2v) is 4.06. The fraction of sp³-hybridized carbons (Fsp3) is 0.500. The van der Waals surface area contributed by atoms with Crippen molar-refractivity contribution in [2.75, 3.05) is 18.5 Å². The van der Waals surface area contributed by atoms with Gasteiger partial charge < -0.3 is 10.1 Å². The quantitative estimate of drug-likeness (QED) is 0.474. The van der Waals surface area contributed by atoms with Crippen molar-refractivity contribution in [1.82, 2.24) is 0 Å². The third kappa shape index (κ3) is 5.43. The zero-order valence-corrected chi connectivity index (χ0v) is 10.9. The lowest BCUT2D eigenvalue weighted by atomic mass is 10.2. The van der Waals surface area contributed by atoms with E-state index >= 15 is 0 Å². The lowest BCUT2D eigenvalue weighted by molar-refractivity contribution is -0.384. The highest BCUT2D eigenvalue weighted by molar-refractivity contribution is 5.62. The van der Waals surface area contributed by atoms with E-state index in [9.17, 15) is 23.3 Å². The average molecular weight is 292 g/mol. The number of benzene rings is 1. The fourth-order valence-corrected chi connectivity index (χ4v) is 1.54. The first-order chi connectivity index (χ1) is 9.33. The summed E-state index contributed by atoms with van der Waals surface area (Å²) in [6.07, 6.45) is -5.26. The fourth-order valence-electron chi connectivity index (χ4n) is 1.54. The predicted molar refractivity (Wildman–Crippen MR) is 67.6 cm³/mol. The Kier molecular flexibility index (Phi) is 5.75. The molecule has 1 rings (SSSR count). The lowest BCUT2D eigenvalue weighted by Crippen LogP contribution is -2.11. The van der Waals surface area contributed by atoms with Crippen LogP contribution in [0.15, 0.2) is 18.2 Å². The van der Waals surface area contributed by atoms with Crippen molar-refractivity contribution in [3.63, 3.8) is 0 Å². The molecule has 0 radical (unpaired) electrons. The number of halogens is 3. The predicted octanol–water partition coefficient (Wildman–Crippen LogP) is 3.50. The topological polar surface area (TPSA) is 64.4 Å². The molecular formula is C12H15F3N2O3. The number of nitro groups is 1. The van der Waals surface area contributed by atoms with E-state index in [0.29, 0.717) is 17.8 Å². The van der Waals surface area contributed by atoms with Gasteiger partial charge in [0.25, 0.3) is 5.69 Å². The zero-order valence-electron chi connectivity index (χ0n) is 10.9. The standard InChI is InChI=1S/C12H15F3N2O3/c1-2-16-10-7-9(3-4-11(10)17(18)19)8-20-6-5-12(13,14)15/h3-4,7,16H,2,5-6,8H2,1H3. The summed E-state index contributed by atoms with van der Waals surface area (Å²) in [4.78, 5) is 10.3. The summed E-state index contributed by atoms with van der Waals surface area (Å²) in [5, 5.41) is 13.6. The van der Waals surface area contributed by atoms with E-state index in [0.717, 1.165) is 0 Å². The second-order valence-electron chi connectivity index (χ2n) is 4.06. The molecule has 8 heteroatoms. The Morgan fingerprint density at radius 1 is 1.40 bits per heavy atom. The number of anilines is 1. The Morgan fingerprint density at radius 2 is 2.10 bits per heavy atom. The number of nitro benzene ring substituents is 1. The molecule has 1 N–H and O–H groups in total. The Hall–Kier alpha value is -1.83. The number of ether oxygens (including phenoxy) is 1. The molecule has 1 aromatic carbocycles. The number of alkyl halides is 3. The summed E-state index contributed by atoms with van der Waals surface area (Å²) in [6, 6.07) is 4.28. The molecule has 0 heterocycles. The van der Waals surface area contributed by atoms with Crippen LogP contribution in [-0.2, 0) is 11.3 Å². The largest absolute Gasteiger partial charge is 0.391 e. The Labute approximate surface area is 113 Å². The summed E-state index contributed by atoms with van der Waals surface area (Å²) < 4.78 is 40.7. The van der Waals surface area contributed by atoms with Crippen LogP contribution in [0, 0.1) is 10.1 Å². The molecule has 0 saturated heterocycles. The molecule has 0 aromatic heterocycles. The first-order valence-corrected chi connectivity index (χ1v) is 5.99. The molecule has 0 bridgehead atoms. The Balaban J connectivity index is 2.63. The first kappa shape index (κ1) is 16.2. The van der Waals surface area contributed by atoms with Crippen LogP contribution >= 0.6 is 0 Å². The maximum atomic E-state index is 11.9. The summed E-state index contributed by atoms with van der Waals surface area (Å²) in [7, 11) is 0. The highest BCUT2D eigenvalue weighted by atomic mass is 19.4. The van der Waals surface area contributed by atoms with Crippen molar-refractivity contribution in [3.05, 3.63) is 33.9 Å². The van der Waals surface area contributed by atoms with E-state index in [1.165, 1.54) is 18.2 Å². The SMILES string of the molecule is CCNc1cc(COCCC(F)(F)F)ccc1[N+](=O)[O-]. The van der Waals surface area contributed by atoms with Gasteiger partial charge in [-0.05, 0) is 24.6 Å². The minimum Gasteiger partial charge on any atom is -0.380 e. The van der Waals surface area contributed by atoms with Gasteiger partial charge in [-0.2, -0.15) is 13.2 Å². The summed E-state index contributed by atoms with van der Waals surface area (Å²) in [6.45, 7) is 1.83. The molecule has 0 aliphatic carbocycles. The zero-order chi connectivity index (χ0) is 15.2. The van der Waals surface area contributed by atoms with Crippen LogP contribution in [0.1, 0.15) is 18.9 Å². The summed E-state index contributed by atoms with van der Waals surface area (Å²) >= 11 is 0. The highest BCUT2D eigenvalue weighted by Crippen LogP contribution is 2.26. The number of hydrogen-bond donors (Lipinski definition) is 1. The van der Waals surface area contributed by atoms with Crippen LogP contribution in [0.3, 0.4) is 0 Å². The molecule has 20 heavy (non-hydrogen) atoms. The molecular weight excluding hydrogens is 277 g/mol. The third-order valence-electron chi connectivity index (χ3n) is 2.42.